The maximum absolute atomic E-state index is 13.0. The molecule has 1 aliphatic carbocycles. The van der Waals surface area contributed by atoms with E-state index in [1.807, 2.05) is 37.3 Å². The Hall–Kier alpha value is -1.93. The van der Waals surface area contributed by atoms with Gasteiger partial charge in [-0.3, -0.25) is 9.59 Å². The second-order valence-corrected chi connectivity index (χ2v) is 10.8. The van der Waals surface area contributed by atoms with Crippen molar-refractivity contribution in [3.8, 4) is 0 Å². The first kappa shape index (κ1) is 23.3. The van der Waals surface area contributed by atoms with Crippen LogP contribution in [0.15, 0.2) is 30.3 Å². The van der Waals surface area contributed by atoms with Crippen molar-refractivity contribution in [3.63, 3.8) is 0 Å². The fraction of sp³-hybridized carbons (Fsp3) is 0.619. The first-order chi connectivity index (χ1) is 13.3. The molecule has 0 aliphatic heterocycles. The zero-order valence-electron chi connectivity index (χ0n) is 18.0. The van der Waals surface area contributed by atoms with E-state index in [-0.39, 0.29) is 24.8 Å². The molecule has 8 heteroatoms. The number of hydrogen-bond acceptors (Lipinski definition) is 5. The highest BCUT2D eigenvalue weighted by Crippen LogP contribution is 2.37. The van der Waals surface area contributed by atoms with Crippen LogP contribution in [0.4, 0.5) is 0 Å². The van der Waals surface area contributed by atoms with Crippen molar-refractivity contribution >= 4 is 21.9 Å². The van der Waals surface area contributed by atoms with Crippen LogP contribution >= 0.6 is 0 Å². The summed E-state index contributed by atoms with van der Waals surface area (Å²) < 4.78 is 30.7. The largest absolute Gasteiger partial charge is 0.460 e. The Balaban J connectivity index is 2.21. The van der Waals surface area contributed by atoms with Gasteiger partial charge in [-0.15, -0.1) is 0 Å². The van der Waals surface area contributed by atoms with Crippen LogP contribution in [-0.2, 0) is 24.3 Å². The topological polar surface area (TPSA) is 92.8 Å². The van der Waals surface area contributed by atoms with E-state index >= 15 is 0 Å². The number of nitrogens with zero attached hydrogens (tertiary/aromatic N) is 1. The fourth-order valence-corrected chi connectivity index (χ4v) is 4.37. The third-order valence-corrected chi connectivity index (χ3v) is 6.62. The molecule has 1 saturated carbocycles. The minimum atomic E-state index is -3.44. The van der Waals surface area contributed by atoms with E-state index < -0.39 is 39.5 Å². The summed E-state index contributed by atoms with van der Waals surface area (Å²) in [6.07, 6.45) is 1.66. The van der Waals surface area contributed by atoms with Crippen molar-refractivity contribution < 1.29 is 22.7 Å². The molecule has 162 valence electrons. The monoisotopic (exact) mass is 424 g/mol. The molecule has 0 saturated heterocycles. The van der Waals surface area contributed by atoms with Crippen molar-refractivity contribution in [2.75, 3.05) is 13.3 Å². The highest BCUT2D eigenvalue weighted by Gasteiger charge is 2.47. The molecule has 1 aromatic carbocycles. The van der Waals surface area contributed by atoms with Gasteiger partial charge in [0.05, 0.1) is 24.1 Å². The van der Waals surface area contributed by atoms with Crippen molar-refractivity contribution in [3.05, 3.63) is 35.9 Å². The standard InChI is InChI=1S/C21H32N2O5S/c1-14(15-10-8-7-9-11-15)22-19(24)17-12-16(23(5)29(6,26)27)13-18(17)20(25)28-21(2,3)4/h7-11,14,16-18H,12-13H2,1-6H3,(H,22,24)/t14-,16-,17-,18-/m0/s1. The van der Waals surface area contributed by atoms with Gasteiger partial charge >= 0.3 is 5.97 Å². The van der Waals surface area contributed by atoms with Crippen molar-refractivity contribution in [1.29, 1.82) is 0 Å². The molecule has 1 N–H and O–H groups in total. The van der Waals surface area contributed by atoms with Crippen LogP contribution < -0.4 is 5.32 Å². The smallest absolute Gasteiger partial charge is 0.310 e. The minimum absolute atomic E-state index is 0.227. The Morgan fingerprint density at radius 3 is 2.21 bits per heavy atom. The number of nitrogens with one attached hydrogen (secondary N) is 1. The number of esters is 1. The molecular formula is C21H32N2O5S. The number of ether oxygens (including phenoxy) is 1. The predicted octanol–water partition coefficient (Wildman–Crippen LogP) is 2.49. The van der Waals surface area contributed by atoms with Gasteiger partial charge in [0, 0.05) is 13.1 Å². The summed E-state index contributed by atoms with van der Waals surface area (Å²) >= 11 is 0. The number of benzene rings is 1. The first-order valence-corrected chi connectivity index (χ1v) is 11.7. The van der Waals surface area contributed by atoms with Crippen LogP contribution in [-0.4, -0.2) is 49.5 Å². The van der Waals surface area contributed by atoms with E-state index in [9.17, 15) is 18.0 Å². The average molecular weight is 425 g/mol. The van der Waals surface area contributed by atoms with Crippen LogP contribution in [0, 0.1) is 11.8 Å². The van der Waals surface area contributed by atoms with Crippen LogP contribution in [0.5, 0.6) is 0 Å². The molecule has 2 rings (SSSR count). The van der Waals surface area contributed by atoms with Crippen molar-refractivity contribution in [1.82, 2.24) is 9.62 Å². The summed E-state index contributed by atoms with van der Waals surface area (Å²) in [5.74, 6) is -2.06. The average Bonchev–Trinajstić information content (AvgIpc) is 3.05. The summed E-state index contributed by atoms with van der Waals surface area (Å²) in [5.41, 5.74) is 0.272. The molecule has 0 aromatic heterocycles. The highest BCUT2D eigenvalue weighted by atomic mass is 32.2. The SMILES string of the molecule is C[C@H](NC(=O)[C@H]1C[C@H](N(C)S(C)(=O)=O)C[C@@H]1C(=O)OC(C)(C)C)c1ccccc1. The number of rotatable bonds is 6. The molecule has 0 radical (unpaired) electrons. The molecule has 0 heterocycles. The van der Waals surface area contributed by atoms with Gasteiger partial charge in [0.2, 0.25) is 15.9 Å². The molecule has 0 bridgehead atoms. The number of carbonyl (C=O) groups is 2. The van der Waals surface area contributed by atoms with E-state index in [2.05, 4.69) is 5.32 Å². The number of hydrogen-bond donors (Lipinski definition) is 1. The Bertz CT molecular complexity index is 832. The molecule has 4 atom stereocenters. The normalized spacial score (nSPS) is 23.6. The maximum atomic E-state index is 13.0. The van der Waals surface area contributed by atoms with Crippen LogP contribution in [0.2, 0.25) is 0 Å². The van der Waals surface area contributed by atoms with Crippen molar-refractivity contribution in [2.45, 2.75) is 58.2 Å². The number of sulfonamides is 1. The van der Waals surface area contributed by atoms with Crippen molar-refractivity contribution in [2.24, 2.45) is 11.8 Å². The lowest BCUT2D eigenvalue weighted by atomic mass is 9.94. The van der Waals surface area contributed by atoms with Crippen LogP contribution in [0.25, 0.3) is 0 Å². The maximum Gasteiger partial charge on any atom is 0.310 e. The van der Waals surface area contributed by atoms with Crippen LogP contribution in [0.3, 0.4) is 0 Å². The molecule has 1 aromatic rings. The Morgan fingerprint density at radius 1 is 1.14 bits per heavy atom. The number of carbonyl (C=O) groups excluding carboxylic acids is 2. The van der Waals surface area contributed by atoms with E-state index in [4.69, 9.17) is 4.74 Å². The van der Waals surface area contributed by atoms with Gasteiger partial charge in [0.1, 0.15) is 5.60 Å². The molecule has 1 amide bonds. The van der Waals surface area contributed by atoms with Gasteiger partial charge in [0.15, 0.2) is 0 Å². The minimum Gasteiger partial charge on any atom is -0.460 e. The van der Waals surface area contributed by atoms with E-state index in [1.54, 1.807) is 20.8 Å². The zero-order chi connectivity index (χ0) is 22.0. The van der Waals surface area contributed by atoms with Crippen LogP contribution in [0.1, 0.15) is 52.1 Å². The summed E-state index contributed by atoms with van der Waals surface area (Å²) in [4.78, 5) is 25.8. The third kappa shape index (κ3) is 6.27. The number of amides is 1. The summed E-state index contributed by atoms with van der Waals surface area (Å²) in [7, 11) is -1.95. The van der Waals surface area contributed by atoms with Gasteiger partial charge in [-0.05, 0) is 46.1 Å². The summed E-state index contributed by atoms with van der Waals surface area (Å²) in [5, 5.41) is 2.97. The van der Waals surface area contributed by atoms with E-state index in [0.717, 1.165) is 11.8 Å². The molecule has 1 aliphatic rings. The Kier molecular flexibility index (Phi) is 7.11. The second-order valence-electron chi connectivity index (χ2n) is 8.79. The lowest BCUT2D eigenvalue weighted by molar-refractivity contribution is -0.162. The second kappa shape index (κ2) is 8.83. The molecular weight excluding hydrogens is 392 g/mol. The van der Waals surface area contributed by atoms with Gasteiger partial charge in [0.25, 0.3) is 0 Å². The molecule has 29 heavy (non-hydrogen) atoms. The molecule has 0 spiro atoms. The first-order valence-electron chi connectivity index (χ1n) is 9.81. The van der Waals surface area contributed by atoms with E-state index in [0.29, 0.717) is 0 Å². The van der Waals surface area contributed by atoms with Gasteiger partial charge in [-0.1, -0.05) is 30.3 Å². The Labute approximate surface area is 173 Å². The molecule has 1 fully saturated rings. The quantitative estimate of drug-likeness (QED) is 0.708. The predicted molar refractivity (Wildman–Crippen MR) is 111 cm³/mol. The lowest BCUT2D eigenvalue weighted by Crippen LogP contribution is -2.39. The van der Waals surface area contributed by atoms with E-state index in [1.165, 1.54) is 11.4 Å². The van der Waals surface area contributed by atoms with Gasteiger partial charge in [-0.25, -0.2) is 12.7 Å². The third-order valence-electron chi connectivity index (χ3n) is 5.28. The van der Waals surface area contributed by atoms with Gasteiger partial charge in [-0.2, -0.15) is 0 Å². The van der Waals surface area contributed by atoms with Gasteiger partial charge < -0.3 is 10.1 Å². The summed E-state index contributed by atoms with van der Waals surface area (Å²) in [6, 6.07) is 8.89. The Morgan fingerprint density at radius 2 is 1.69 bits per heavy atom. The highest BCUT2D eigenvalue weighted by molar-refractivity contribution is 7.88. The lowest BCUT2D eigenvalue weighted by Gasteiger charge is -2.25. The summed E-state index contributed by atoms with van der Waals surface area (Å²) in [6.45, 7) is 7.19. The fourth-order valence-electron chi connectivity index (χ4n) is 3.65. The zero-order valence-corrected chi connectivity index (χ0v) is 18.8. The molecule has 7 nitrogen and oxygen atoms in total. The molecule has 0 unspecified atom stereocenters.